The van der Waals surface area contributed by atoms with Crippen molar-refractivity contribution in [3.8, 4) is 28.9 Å². The van der Waals surface area contributed by atoms with Gasteiger partial charge < -0.3 is 24.3 Å². The Kier molecular flexibility index (Phi) is 7.70. The summed E-state index contributed by atoms with van der Waals surface area (Å²) < 4.78 is 21.9. The van der Waals surface area contributed by atoms with Crippen molar-refractivity contribution in [3.63, 3.8) is 0 Å². The van der Waals surface area contributed by atoms with Crippen LogP contribution in [0, 0.1) is 0 Å². The van der Waals surface area contributed by atoms with Crippen molar-refractivity contribution in [2.24, 2.45) is 0 Å². The second-order valence-electron chi connectivity index (χ2n) is 6.69. The van der Waals surface area contributed by atoms with Crippen LogP contribution in [-0.2, 0) is 17.8 Å². The largest absolute Gasteiger partial charge is 0.493 e. The van der Waals surface area contributed by atoms with Gasteiger partial charge in [0, 0.05) is 25.2 Å². The first-order valence-electron chi connectivity index (χ1n) is 9.87. The number of carbonyl (C=O) groups is 1. The molecule has 0 aliphatic carbocycles. The van der Waals surface area contributed by atoms with Crippen molar-refractivity contribution in [3.05, 3.63) is 71.9 Å². The van der Waals surface area contributed by atoms with Gasteiger partial charge in [0.2, 0.25) is 17.5 Å². The predicted molar refractivity (Wildman–Crippen MR) is 117 cm³/mol. The molecule has 1 aromatic heterocycles. The number of carbonyl (C=O) groups excluding carboxylic acids is 1. The van der Waals surface area contributed by atoms with Crippen LogP contribution >= 0.6 is 0 Å². The number of benzene rings is 2. The van der Waals surface area contributed by atoms with E-state index < -0.39 is 0 Å². The monoisotopic (exact) mass is 422 g/mol. The number of methoxy groups -OCH3 is 3. The van der Waals surface area contributed by atoms with Crippen LogP contribution in [0.2, 0.25) is 0 Å². The highest BCUT2D eigenvalue weighted by molar-refractivity contribution is 5.76. The van der Waals surface area contributed by atoms with Crippen molar-refractivity contribution in [1.29, 1.82) is 0 Å². The van der Waals surface area contributed by atoms with Crippen molar-refractivity contribution in [2.75, 3.05) is 21.3 Å². The van der Waals surface area contributed by atoms with Gasteiger partial charge in [0.15, 0.2) is 11.5 Å². The Hall–Kier alpha value is -3.74. The van der Waals surface area contributed by atoms with E-state index in [1.807, 2.05) is 48.5 Å². The van der Waals surface area contributed by atoms with Gasteiger partial charge in [0.1, 0.15) is 5.75 Å². The molecule has 0 bridgehead atoms. The highest BCUT2D eigenvalue weighted by Gasteiger charge is 2.16. The van der Waals surface area contributed by atoms with Gasteiger partial charge >= 0.3 is 0 Å². The number of hydrogen-bond acceptors (Lipinski definition) is 6. The molecule has 162 valence electrons. The molecule has 0 aliphatic rings. The molecule has 3 aromatic rings. The first-order chi connectivity index (χ1) is 15.1. The maximum atomic E-state index is 12.4. The molecular weight excluding hydrogens is 396 g/mol. The smallest absolute Gasteiger partial charge is 0.220 e. The fourth-order valence-corrected chi connectivity index (χ4v) is 3.14. The van der Waals surface area contributed by atoms with Crippen LogP contribution in [-0.4, -0.2) is 32.2 Å². The van der Waals surface area contributed by atoms with E-state index in [9.17, 15) is 4.79 Å². The van der Waals surface area contributed by atoms with Gasteiger partial charge in [-0.3, -0.25) is 4.79 Å². The standard InChI is InChI=1S/C24H26N2O5/c1-28-20-12-10-18(23(29-2)24(20)30-3)11-13-21(27)26-16-17-7-6-8-19(15-17)31-22-9-4-5-14-25-22/h4-10,12,14-15H,11,13,16H2,1-3H3,(H,26,27). The Labute approximate surface area is 181 Å². The van der Waals surface area contributed by atoms with E-state index in [0.29, 0.717) is 48.3 Å². The summed E-state index contributed by atoms with van der Waals surface area (Å²) in [6.45, 7) is 0.404. The van der Waals surface area contributed by atoms with Crippen LogP contribution in [0.3, 0.4) is 0 Å². The lowest BCUT2D eigenvalue weighted by Crippen LogP contribution is -2.23. The van der Waals surface area contributed by atoms with Crippen LogP contribution < -0.4 is 24.3 Å². The Balaban J connectivity index is 1.56. The maximum absolute atomic E-state index is 12.4. The first kappa shape index (κ1) is 22.0. The highest BCUT2D eigenvalue weighted by Crippen LogP contribution is 2.40. The fourth-order valence-electron chi connectivity index (χ4n) is 3.14. The van der Waals surface area contributed by atoms with Gasteiger partial charge in [-0.2, -0.15) is 0 Å². The fraction of sp³-hybridized carbons (Fsp3) is 0.250. The lowest BCUT2D eigenvalue weighted by Gasteiger charge is -2.15. The molecule has 31 heavy (non-hydrogen) atoms. The van der Waals surface area contributed by atoms with Crippen LogP contribution in [0.4, 0.5) is 0 Å². The Morgan fingerprint density at radius 3 is 2.48 bits per heavy atom. The minimum atomic E-state index is -0.0621. The zero-order valence-electron chi connectivity index (χ0n) is 17.9. The molecule has 0 fully saturated rings. The minimum absolute atomic E-state index is 0.0621. The van der Waals surface area contributed by atoms with Crippen molar-refractivity contribution >= 4 is 5.91 Å². The number of nitrogens with zero attached hydrogens (tertiary/aromatic N) is 1. The third kappa shape index (κ3) is 5.88. The molecule has 1 N–H and O–H groups in total. The number of aryl methyl sites for hydroxylation is 1. The third-order valence-corrected chi connectivity index (χ3v) is 4.66. The molecule has 7 nitrogen and oxygen atoms in total. The average molecular weight is 422 g/mol. The zero-order chi connectivity index (χ0) is 22.1. The quantitative estimate of drug-likeness (QED) is 0.529. The summed E-state index contributed by atoms with van der Waals surface area (Å²) in [6.07, 6.45) is 2.50. The number of amides is 1. The lowest BCUT2D eigenvalue weighted by atomic mass is 10.1. The van der Waals surface area contributed by atoms with E-state index in [1.54, 1.807) is 33.6 Å². The molecule has 7 heteroatoms. The van der Waals surface area contributed by atoms with Crippen molar-refractivity contribution in [2.45, 2.75) is 19.4 Å². The second kappa shape index (κ2) is 10.9. The molecule has 0 unspecified atom stereocenters. The summed E-state index contributed by atoms with van der Waals surface area (Å²) >= 11 is 0. The van der Waals surface area contributed by atoms with Crippen LogP contribution in [0.1, 0.15) is 17.5 Å². The molecule has 0 saturated heterocycles. The lowest BCUT2D eigenvalue weighted by molar-refractivity contribution is -0.121. The van der Waals surface area contributed by atoms with Crippen LogP contribution in [0.25, 0.3) is 0 Å². The SMILES string of the molecule is COc1ccc(CCC(=O)NCc2cccc(Oc3ccccn3)c2)c(OC)c1OC. The number of pyridine rings is 1. The van der Waals surface area contributed by atoms with Gasteiger partial charge in [-0.1, -0.05) is 24.3 Å². The summed E-state index contributed by atoms with van der Waals surface area (Å²) in [5, 5.41) is 2.94. The molecule has 1 heterocycles. The topological polar surface area (TPSA) is 78.9 Å². The summed E-state index contributed by atoms with van der Waals surface area (Å²) in [7, 11) is 4.70. The Morgan fingerprint density at radius 2 is 1.77 bits per heavy atom. The molecule has 1 amide bonds. The molecule has 0 atom stereocenters. The van der Waals surface area contributed by atoms with Gasteiger partial charge in [-0.15, -0.1) is 0 Å². The number of nitrogens with one attached hydrogen (secondary N) is 1. The van der Waals surface area contributed by atoms with Gasteiger partial charge in [-0.25, -0.2) is 4.98 Å². The summed E-state index contributed by atoms with van der Waals surface area (Å²) in [4.78, 5) is 16.5. The van der Waals surface area contributed by atoms with Crippen molar-refractivity contribution < 1.29 is 23.7 Å². The van der Waals surface area contributed by atoms with E-state index in [-0.39, 0.29) is 5.91 Å². The van der Waals surface area contributed by atoms with Crippen LogP contribution in [0.5, 0.6) is 28.9 Å². The third-order valence-electron chi connectivity index (χ3n) is 4.66. The van der Waals surface area contributed by atoms with Gasteiger partial charge in [0.05, 0.1) is 21.3 Å². The average Bonchev–Trinajstić information content (AvgIpc) is 2.81. The van der Waals surface area contributed by atoms with E-state index in [1.165, 1.54) is 0 Å². The van der Waals surface area contributed by atoms with Gasteiger partial charge in [0.25, 0.3) is 0 Å². The molecule has 0 saturated carbocycles. The second-order valence-corrected chi connectivity index (χ2v) is 6.69. The number of hydrogen-bond donors (Lipinski definition) is 1. The van der Waals surface area contributed by atoms with E-state index in [4.69, 9.17) is 18.9 Å². The highest BCUT2D eigenvalue weighted by atomic mass is 16.5. The molecule has 0 aliphatic heterocycles. The molecule has 0 radical (unpaired) electrons. The maximum Gasteiger partial charge on any atom is 0.220 e. The first-order valence-corrected chi connectivity index (χ1v) is 9.87. The number of rotatable bonds is 10. The van der Waals surface area contributed by atoms with Crippen molar-refractivity contribution in [1.82, 2.24) is 10.3 Å². The molecule has 2 aromatic carbocycles. The zero-order valence-corrected chi connectivity index (χ0v) is 17.9. The molecular formula is C24H26N2O5. The number of ether oxygens (including phenoxy) is 4. The summed E-state index contributed by atoms with van der Waals surface area (Å²) in [5.74, 6) is 2.81. The summed E-state index contributed by atoms with van der Waals surface area (Å²) in [6, 6.07) is 16.7. The van der Waals surface area contributed by atoms with E-state index >= 15 is 0 Å². The Morgan fingerprint density at radius 1 is 0.935 bits per heavy atom. The molecule has 3 rings (SSSR count). The molecule has 0 spiro atoms. The van der Waals surface area contributed by atoms with Gasteiger partial charge in [-0.05, 0) is 41.8 Å². The summed E-state index contributed by atoms with van der Waals surface area (Å²) in [5.41, 5.74) is 1.81. The predicted octanol–water partition coefficient (Wildman–Crippen LogP) is 4.15. The normalized spacial score (nSPS) is 10.3. The van der Waals surface area contributed by atoms with E-state index in [0.717, 1.165) is 11.1 Å². The minimum Gasteiger partial charge on any atom is -0.493 e. The Bertz CT molecular complexity index is 1010. The van der Waals surface area contributed by atoms with Crippen LogP contribution in [0.15, 0.2) is 60.8 Å². The number of aromatic nitrogens is 1. The van der Waals surface area contributed by atoms with E-state index in [2.05, 4.69) is 10.3 Å².